The van der Waals surface area contributed by atoms with Crippen molar-refractivity contribution in [3.8, 4) is 0 Å². The van der Waals surface area contributed by atoms with Gasteiger partial charge in [-0.2, -0.15) is 0 Å². The van der Waals surface area contributed by atoms with E-state index in [1.54, 1.807) is 0 Å². The Hall–Kier alpha value is -0.940. The van der Waals surface area contributed by atoms with Gasteiger partial charge < -0.3 is 20.1 Å². The standard InChI is InChI=1S/C26H42O4/c1-17-20(15-21(27)16-24(17)28)9-8-19-7-6-12-26(5)22(10-11-23(19)26)18(2)30-14-13-25(3,4)29/h8-9,18,21-24,27-29H,1,6-7,10-16H2,2-5H3/b19-8+,20-9+/t18-,21+,22+,23-,24-,26+/m0/s1/i3D3,4D3. The monoisotopic (exact) mass is 424 g/mol. The lowest BCUT2D eigenvalue weighted by atomic mass is 9.62. The smallest absolute Gasteiger partial charge is 0.0811 e. The Morgan fingerprint density at radius 1 is 1.33 bits per heavy atom. The molecule has 4 nitrogen and oxygen atoms in total. The first-order valence-electron chi connectivity index (χ1n) is 14.3. The van der Waals surface area contributed by atoms with Crippen LogP contribution in [0.5, 0.6) is 0 Å². The number of hydrogen-bond donors (Lipinski definition) is 3. The van der Waals surface area contributed by atoms with Crippen LogP contribution in [-0.2, 0) is 4.74 Å². The van der Waals surface area contributed by atoms with Crippen molar-refractivity contribution in [1.82, 2.24) is 0 Å². The summed E-state index contributed by atoms with van der Waals surface area (Å²) >= 11 is 0. The Balaban J connectivity index is 1.69. The molecule has 3 N–H and O–H groups in total. The molecule has 0 radical (unpaired) electrons. The van der Waals surface area contributed by atoms with Gasteiger partial charge in [-0.15, -0.1) is 0 Å². The van der Waals surface area contributed by atoms with Gasteiger partial charge in [0.15, 0.2) is 0 Å². The van der Waals surface area contributed by atoms with Crippen LogP contribution in [0.2, 0.25) is 0 Å². The molecular formula is C26H42O4. The molecule has 0 bridgehead atoms. The fourth-order valence-electron chi connectivity index (χ4n) is 6.02. The molecule has 3 rings (SSSR count). The van der Waals surface area contributed by atoms with Gasteiger partial charge in [-0.05, 0) is 94.0 Å². The van der Waals surface area contributed by atoms with E-state index in [9.17, 15) is 15.3 Å². The number of ether oxygens (including phenoxy) is 1. The maximum Gasteiger partial charge on any atom is 0.0811 e. The van der Waals surface area contributed by atoms with Crippen molar-refractivity contribution in [2.24, 2.45) is 17.3 Å². The fraction of sp³-hybridized carbons (Fsp3) is 0.769. The third kappa shape index (κ3) is 5.27. The average Bonchev–Trinajstić information content (AvgIpc) is 3.11. The SMILES string of the molecule is [2H]C([2H])([2H])C(O)(CCO[C@@H](C)[C@H]1CC[C@H]2/C(=C/C=C3\C[C@@H](O)C[C@H](O)C3=C)CCC[C@]12C)C([2H])([2H])[2H]. The summed E-state index contributed by atoms with van der Waals surface area (Å²) in [6.45, 7) is 2.02. The second kappa shape index (κ2) is 9.28. The molecule has 3 saturated carbocycles. The van der Waals surface area contributed by atoms with E-state index in [1.165, 1.54) is 5.57 Å². The minimum atomic E-state index is -3.04. The summed E-state index contributed by atoms with van der Waals surface area (Å²) in [6, 6.07) is 0. The van der Waals surface area contributed by atoms with Gasteiger partial charge >= 0.3 is 0 Å². The van der Waals surface area contributed by atoms with Crippen LogP contribution in [0.1, 0.15) is 87.1 Å². The normalized spacial score (nSPS) is 42.6. The van der Waals surface area contributed by atoms with Crippen molar-refractivity contribution in [2.45, 2.75) is 103 Å². The average molecular weight is 425 g/mol. The molecule has 0 amide bonds. The number of rotatable bonds is 6. The molecule has 3 aliphatic rings. The molecule has 0 aliphatic heterocycles. The fourth-order valence-corrected chi connectivity index (χ4v) is 6.02. The Kier molecular flexibility index (Phi) is 5.15. The zero-order valence-corrected chi connectivity index (χ0v) is 18.4. The van der Waals surface area contributed by atoms with E-state index >= 15 is 0 Å². The molecule has 3 fully saturated rings. The Bertz CT molecular complexity index is 863. The Morgan fingerprint density at radius 3 is 2.83 bits per heavy atom. The molecule has 0 aromatic rings. The molecular weight excluding hydrogens is 376 g/mol. The quantitative estimate of drug-likeness (QED) is 0.578. The van der Waals surface area contributed by atoms with Crippen LogP contribution in [0.25, 0.3) is 0 Å². The Labute approximate surface area is 191 Å². The first kappa shape index (κ1) is 16.7. The summed E-state index contributed by atoms with van der Waals surface area (Å²) in [4.78, 5) is 0. The third-order valence-corrected chi connectivity index (χ3v) is 7.71. The van der Waals surface area contributed by atoms with Crippen molar-refractivity contribution in [3.05, 3.63) is 35.5 Å². The van der Waals surface area contributed by atoms with Crippen molar-refractivity contribution in [1.29, 1.82) is 0 Å². The predicted molar refractivity (Wildman–Crippen MR) is 121 cm³/mol. The van der Waals surface area contributed by atoms with Gasteiger partial charge in [0.25, 0.3) is 0 Å². The highest BCUT2D eigenvalue weighted by Crippen LogP contribution is 2.58. The first-order valence-corrected chi connectivity index (χ1v) is 11.3. The maximum absolute atomic E-state index is 10.5. The molecule has 3 aliphatic carbocycles. The number of aliphatic hydroxyl groups is 3. The van der Waals surface area contributed by atoms with Crippen LogP contribution in [0.15, 0.2) is 35.5 Å². The van der Waals surface area contributed by atoms with Crippen molar-refractivity contribution < 1.29 is 28.3 Å². The molecule has 0 aromatic heterocycles. The predicted octanol–water partition coefficient (Wildman–Crippen LogP) is 4.69. The van der Waals surface area contributed by atoms with Crippen LogP contribution in [0.3, 0.4) is 0 Å². The lowest BCUT2D eigenvalue weighted by molar-refractivity contribution is -0.0454. The largest absolute Gasteiger partial charge is 0.393 e. The molecule has 4 heteroatoms. The van der Waals surface area contributed by atoms with Crippen molar-refractivity contribution in [3.63, 3.8) is 0 Å². The number of allylic oxidation sites excluding steroid dienone is 3. The zero-order chi connectivity index (χ0) is 27.1. The lowest BCUT2D eigenvalue weighted by Gasteiger charge is -2.44. The molecule has 0 saturated heterocycles. The summed E-state index contributed by atoms with van der Waals surface area (Å²) in [6.07, 6.45) is 8.03. The van der Waals surface area contributed by atoms with E-state index < -0.39 is 37.9 Å². The summed E-state index contributed by atoms with van der Waals surface area (Å²) in [7, 11) is 0. The molecule has 6 atom stereocenters. The van der Waals surface area contributed by atoms with Gasteiger partial charge in [-0.3, -0.25) is 0 Å². The van der Waals surface area contributed by atoms with E-state index in [0.29, 0.717) is 24.3 Å². The molecule has 170 valence electrons. The van der Waals surface area contributed by atoms with Gasteiger partial charge in [0, 0.05) is 21.3 Å². The van der Waals surface area contributed by atoms with E-state index in [2.05, 4.69) is 19.6 Å². The number of hydrogen-bond acceptors (Lipinski definition) is 4. The maximum atomic E-state index is 10.5. The minimum absolute atomic E-state index is 0.00499. The zero-order valence-electron chi connectivity index (χ0n) is 24.4. The highest BCUT2D eigenvalue weighted by Gasteiger charge is 2.51. The number of aliphatic hydroxyl groups excluding tert-OH is 2. The highest BCUT2D eigenvalue weighted by atomic mass is 16.5. The Morgan fingerprint density at radius 2 is 2.10 bits per heavy atom. The molecule has 0 spiro atoms. The van der Waals surface area contributed by atoms with E-state index in [1.807, 2.05) is 13.0 Å². The summed E-state index contributed by atoms with van der Waals surface area (Å²) in [5, 5.41) is 30.7. The van der Waals surface area contributed by atoms with Gasteiger partial charge in [0.1, 0.15) is 0 Å². The second-order valence-corrected chi connectivity index (χ2v) is 9.85. The topological polar surface area (TPSA) is 69.9 Å². The summed E-state index contributed by atoms with van der Waals surface area (Å²) in [5.41, 5.74) is 0.113. The van der Waals surface area contributed by atoms with Crippen molar-refractivity contribution >= 4 is 0 Å². The first-order chi connectivity index (χ1) is 16.5. The summed E-state index contributed by atoms with van der Waals surface area (Å²) in [5.74, 6) is 0.591. The number of fused-ring (bicyclic) bond motifs is 1. The van der Waals surface area contributed by atoms with Crippen molar-refractivity contribution in [2.75, 3.05) is 6.61 Å². The molecule has 30 heavy (non-hydrogen) atoms. The van der Waals surface area contributed by atoms with Crippen LogP contribution in [0.4, 0.5) is 0 Å². The highest BCUT2D eigenvalue weighted by molar-refractivity contribution is 5.38. The van der Waals surface area contributed by atoms with E-state index in [-0.39, 0.29) is 24.0 Å². The van der Waals surface area contributed by atoms with Gasteiger partial charge in [-0.1, -0.05) is 31.2 Å². The van der Waals surface area contributed by atoms with Gasteiger partial charge in [0.2, 0.25) is 0 Å². The van der Waals surface area contributed by atoms with Gasteiger partial charge in [0.05, 0.1) is 23.9 Å². The van der Waals surface area contributed by atoms with Crippen LogP contribution in [0, 0.1) is 17.3 Å². The second-order valence-electron chi connectivity index (χ2n) is 9.85. The van der Waals surface area contributed by atoms with Crippen LogP contribution < -0.4 is 0 Å². The molecule has 0 heterocycles. The third-order valence-electron chi connectivity index (χ3n) is 7.71. The lowest BCUT2D eigenvalue weighted by Crippen LogP contribution is -2.39. The van der Waals surface area contributed by atoms with Gasteiger partial charge in [-0.25, -0.2) is 0 Å². The molecule has 0 aromatic carbocycles. The van der Waals surface area contributed by atoms with E-state index in [0.717, 1.165) is 37.7 Å². The van der Waals surface area contributed by atoms with E-state index in [4.69, 9.17) is 13.0 Å². The minimum Gasteiger partial charge on any atom is -0.393 e. The van der Waals surface area contributed by atoms with Crippen LogP contribution >= 0.6 is 0 Å². The summed E-state index contributed by atoms with van der Waals surface area (Å²) < 4.78 is 51.2. The molecule has 0 unspecified atom stereocenters. The van der Waals surface area contributed by atoms with Crippen LogP contribution in [-0.4, -0.2) is 45.8 Å².